The lowest BCUT2D eigenvalue weighted by Gasteiger charge is -2.13. The fourth-order valence-corrected chi connectivity index (χ4v) is 4.13. The number of aromatic nitrogens is 2. The third-order valence-electron chi connectivity index (χ3n) is 4.51. The number of para-hydroxylation sites is 1. The predicted molar refractivity (Wildman–Crippen MR) is 114 cm³/mol. The summed E-state index contributed by atoms with van der Waals surface area (Å²) >= 11 is 0. The van der Waals surface area contributed by atoms with Crippen LogP contribution in [-0.2, 0) is 16.6 Å². The normalized spacial score (nSPS) is 11.3. The maximum Gasteiger partial charge on any atom is 0.323 e. The highest BCUT2D eigenvalue weighted by Crippen LogP contribution is 2.22. The van der Waals surface area contributed by atoms with Crippen molar-refractivity contribution in [2.24, 2.45) is 0 Å². The zero-order chi connectivity index (χ0) is 21.1. The summed E-state index contributed by atoms with van der Waals surface area (Å²) in [6.45, 7) is 0.318. The van der Waals surface area contributed by atoms with E-state index in [0.29, 0.717) is 17.6 Å². The van der Waals surface area contributed by atoms with Gasteiger partial charge in [0.05, 0.1) is 27.2 Å². The average Bonchev–Trinajstić information content (AvgIpc) is 3.12. The van der Waals surface area contributed by atoms with Crippen LogP contribution in [0.15, 0.2) is 82.5 Å². The van der Waals surface area contributed by atoms with Gasteiger partial charge >= 0.3 is 5.69 Å². The van der Waals surface area contributed by atoms with Crippen LogP contribution >= 0.6 is 0 Å². The summed E-state index contributed by atoms with van der Waals surface area (Å²) in [5.41, 5.74) is 1.74. The molecular weight excluding hydrogens is 404 g/mol. The number of anilines is 1. The molecule has 0 aliphatic rings. The zero-order valence-corrected chi connectivity index (χ0v) is 16.5. The van der Waals surface area contributed by atoms with E-state index in [2.05, 4.69) is 20.0 Å². The maximum atomic E-state index is 12.9. The number of amides is 1. The average molecular weight is 422 g/mol. The minimum absolute atomic E-state index is 0.0373. The molecule has 3 aromatic carbocycles. The number of hydrogen-bond donors (Lipinski definition) is 4. The molecular formula is C21H18N4O4S. The number of aromatic amines is 2. The van der Waals surface area contributed by atoms with Gasteiger partial charge in [-0.05, 0) is 35.9 Å². The van der Waals surface area contributed by atoms with E-state index in [0.717, 1.165) is 5.56 Å². The summed E-state index contributed by atoms with van der Waals surface area (Å²) in [6, 6.07) is 20.0. The molecule has 0 spiro atoms. The molecule has 4 rings (SSSR count). The Hall–Kier alpha value is -3.85. The molecule has 4 N–H and O–H groups in total. The second-order valence-electron chi connectivity index (χ2n) is 6.61. The summed E-state index contributed by atoms with van der Waals surface area (Å²) in [7, 11) is -3.98. The van der Waals surface area contributed by atoms with Crippen LogP contribution in [-0.4, -0.2) is 24.3 Å². The first-order valence-electron chi connectivity index (χ1n) is 9.08. The summed E-state index contributed by atoms with van der Waals surface area (Å²) < 4.78 is 28.2. The lowest BCUT2D eigenvalue weighted by Crippen LogP contribution is -2.25. The van der Waals surface area contributed by atoms with Crippen LogP contribution < -0.4 is 15.7 Å². The Morgan fingerprint density at radius 2 is 1.57 bits per heavy atom. The van der Waals surface area contributed by atoms with Crippen molar-refractivity contribution in [3.63, 3.8) is 0 Å². The van der Waals surface area contributed by atoms with Gasteiger partial charge in [0.15, 0.2) is 0 Å². The number of carbonyl (C=O) groups is 1. The number of benzene rings is 3. The molecule has 8 nitrogen and oxygen atoms in total. The quantitative estimate of drug-likeness (QED) is 0.381. The molecule has 0 atom stereocenters. The number of hydrogen-bond acceptors (Lipinski definition) is 4. The Balaban J connectivity index is 1.57. The number of H-pyrrole nitrogens is 2. The highest BCUT2D eigenvalue weighted by Gasteiger charge is 2.19. The zero-order valence-electron chi connectivity index (χ0n) is 15.7. The summed E-state index contributed by atoms with van der Waals surface area (Å²) in [5.74, 6) is -0.400. The number of imidazole rings is 1. The van der Waals surface area contributed by atoms with Gasteiger partial charge in [0.1, 0.15) is 0 Å². The van der Waals surface area contributed by atoms with Gasteiger partial charge in [-0.2, -0.15) is 0 Å². The molecule has 0 radical (unpaired) electrons. The van der Waals surface area contributed by atoms with Crippen LogP contribution in [0.3, 0.4) is 0 Å². The molecule has 0 aliphatic heterocycles. The molecule has 9 heteroatoms. The summed E-state index contributed by atoms with van der Waals surface area (Å²) in [4.78, 5) is 29.1. The highest BCUT2D eigenvalue weighted by atomic mass is 32.2. The molecule has 0 bridgehead atoms. The topological polar surface area (TPSA) is 124 Å². The largest absolute Gasteiger partial charge is 0.348 e. The van der Waals surface area contributed by atoms with Gasteiger partial charge in [0.2, 0.25) is 0 Å². The molecule has 0 unspecified atom stereocenters. The van der Waals surface area contributed by atoms with Gasteiger partial charge in [-0.1, -0.05) is 42.5 Å². The fraction of sp³-hybridized carbons (Fsp3) is 0.0476. The van der Waals surface area contributed by atoms with Crippen molar-refractivity contribution in [2.75, 3.05) is 4.72 Å². The Morgan fingerprint density at radius 3 is 2.37 bits per heavy atom. The molecule has 0 aliphatic carbocycles. The number of sulfonamides is 1. The number of rotatable bonds is 6. The lowest BCUT2D eigenvalue weighted by molar-refractivity contribution is 0.0952. The van der Waals surface area contributed by atoms with Gasteiger partial charge in [-0.25, -0.2) is 13.2 Å². The Kier molecular flexibility index (Phi) is 5.11. The minimum Gasteiger partial charge on any atom is -0.348 e. The van der Waals surface area contributed by atoms with Crippen molar-refractivity contribution >= 4 is 32.7 Å². The predicted octanol–water partition coefficient (Wildman–Crippen LogP) is 2.59. The lowest BCUT2D eigenvalue weighted by atomic mass is 10.1. The van der Waals surface area contributed by atoms with Gasteiger partial charge in [0.25, 0.3) is 15.9 Å². The van der Waals surface area contributed by atoms with Crippen LogP contribution in [0.2, 0.25) is 0 Å². The van der Waals surface area contributed by atoms with Gasteiger partial charge in [0, 0.05) is 6.54 Å². The number of fused-ring (bicyclic) bond motifs is 1. The van der Waals surface area contributed by atoms with Gasteiger partial charge in [-0.15, -0.1) is 0 Å². The van der Waals surface area contributed by atoms with Crippen molar-refractivity contribution < 1.29 is 13.2 Å². The fourth-order valence-electron chi connectivity index (χ4n) is 3.03. The molecule has 152 valence electrons. The first-order valence-corrected chi connectivity index (χ1v) is 10.6. The van der Waals surface area contributed by atoms with Crippen LogP contribution in [0.1, 0.15) is 15.9 Å². The van der Waals surface area contributed by atoms with E-state index < -0.39 is 21.6 Å². The number of nitrogens with one attached hydrogen (secondary N) is 4. The van der Waals surface area contributed by atoms with Crippen LogP contribution in [0.5, 0.6) is 0 Å². The van der Waals surface area contributed by atoms with Crippen molar-refractivity contribution in [1.29, 1.82) is 0 Å². The Morgan fingerprint density at radius 1 is 0.867 bits per heavy atom. The molecule has 1 amide bonds. The SMILES string of the molecule is O=C(NCc1ccccc1)c1ccccc1NS(=O)(=O)c1ccc2[nH]c(=O)[nH]c2c1. The van der Waals surface area contributed by atoms with E-state index in [9.17, 15) is 18.0 Å². The molecule has 1 aromatic heterocycles. The Bertz CT molecular complexity index is 1370. The van der Waals surface area contributed by atoms with E-state index in [1.54, 1.807) is 18.2 Å². The molecule has 0 saturated heterocycles. The molecule has 30 heavy (non-hydrogen) atoms. The van der Waals surface area contributed by atoms with Gasteiger partial charge in [-0.3, -0.25) is 9.52 Å². The van der Waals surface area contributed by atoms with Crippen LogP contribution in [0, 0.1) is 0 Å². The summed E-state index contributed by atoms with van der Waals surface area (Å²) in [5, 5.41) is 2.79. The molecule has 0 fully saturated rings. The maximum absolute atomic E-state index is 12.9. The summed E-state index contributed by atoms with van der Waals surface area (Å²) in [6.07, 6.45) is 0. The van der Waals surface area contributed by atoms with E-state index in [1.165, 1.54) is 24.3 Å². The van der Waals surface area contributed by atoms with Crippen LogP contribution in [0.4, 0.5) is 5.69 Å². The van der Waals surface area contributed by atoms with Gasteiger partial charge < -0.3 is 15.3 Å². The van der Waals surface area contributed by atoms with E-state index in [-0.39, 0.29) is 16.1 Å². The second-order valence-corrected chi connectivity index (χ2v) is 8.29. The first-order chi connectivity index (χ1) is 14.4. The standard InChI is InChI=1S/C21H18N4O4S/c26-20(22-13-14-6-2-1-3-7-14)16-8-4-5-9-17(16)25-30(28,29)15-10-11-18-19(12-15)24-21(27)23-18/h1-12,25H,13H2,(H,22,26)(H2,23,24,27). The highest BCUT2D eigenvalue weighted by molar-refractivity contribution is 7.92. The third-order valence-corrected chi connectivity index (χ3v) is 5.87. The molecule has 0 saturated carbocycles. The van der Waals surface area contributed by atoms with Crippen molar-refractivity contribution in [3.8, 4) is 0 Å². The van der Waals surface area contributed by atoms with E-state index >= 15 is 0 Å². The Labute approximate surface area is 172 Å². The smallest absolute Gasteiger partial charge is 0.323 e. The van der Waals surface area contributed by atoms with Crippen molar-refractivity contribution in [2.45, 2.75) is 11.4 Å². The van der Waals surface area contributed by atoms with Crippen molar-refractivity contribution in [3.05, 3.63) is 94.4 Å². The monoisotopic (exact) mass is 422 g/mol. The molecule has 1 heterocycles. The van der Waals surface area contributed by atoms with E-state index in [4.69, 9.17) is 0 Å². The second kappa shape index (κ2) is 7.88. The third kappa shape index (κ3) is 4.11. The number of carbonyl (C=O) groups excluding carboxylic acids is 1. The first kappa shape index (κ1) is 19.5. The molecule has 4 aromatic rings. The van der Waals surface area contributed by atoms with E-state index in [1.807, 2.05) is 30.3 Å². The van der Waals surface area contributed by atoms with Crippen molar-refractivity contribution in [1.82, 2.24) is 15.3 Å². The van der Waals surface area contributed by atoms with Crippen LogP contribution in [0.25, 0.3) is 11.0 Å². The minimum atomic E-state index is -3.98.